The molecule has 2 saturated heterocycles. The van der Waals surface area contributed by atoms with Gasteiger partial charge in [-0.3, -0.25) is 0 Å². The molecule has 1 N–H and O–H groups in total. The molecule has 2 heterocycles. The van der Waals surface area contributed by atoms with E-state index in [0.29, 0.717) is 0 Å². The number of aliphatic hydroxyl groups excluding tert-OH is 1. The lowest BCUT2D eigenvalue weighted by Crippen LogP contribution is -2.33. The number of ether oxygens (including phenoxy) is 2. The molecular formula is C6H10O3. The highest BCUT2D eigenvalue weighted by molar-refractivity contribution is 4.87. The van der Waals surface area contributed by atoms with Gasteiger partial charge in [0.1, 0.15) is 6.10 Å². The first-order valence-corrected chi connectivity index (χ1v) is 3.26. The Hall–Kier alpha value is -0.120. The molecule has 52 valence electrons. The van der Waals surface area contributed by atoms with Gasteiger partial charge in [0.15, 0.2) is 6.29 Å². The van der Waals surface area contributed by atoms with Crippen molar-refractivity contribution in [2.24, 2.45) is 0 Å². The Kier molecular flexibility index (Phi) is 1.06. The summed E-state index contributed by atoms with van der Waals surface area (Å²) >= 11 is 0. The fourth-order valence-corrected chi connectivity index (χ4v) is 1.15. The van der Waals surface area contributed by atoms with Gasteiger partial charge < -0.3 is 14.6 Å². The average Bonchev–Trinajstić information content (AvgIpc) is 2.46. The van der Waals surface area contributed by atoms with Gasteiger partial charge in [-0.1, -0.05) is 0 Å². The summed E-state index contributed by atoms with van der Waals surface area (Å²) in [5.74, 6) is 0. The minimum atomic E-state index is -0.325. The van der Waals surface area contributed by atoms with E-state index in [2.05, 4.69) is 0 Å². The van der Waals surface area contributed by atoms with Crippen molar-refractivity contribution in [2.75, 3.05) is 0 Å². The van der Waals surface area contributed by atoms with E-state index in [1.54, 1.807) is 0 Å². The molecule has 2 rings (SSSR count). The molecule has 9 heavy (non-hydrogen) atoms. The average molecular weight is 130 g/mol. The second kappa shape index (κ2) is 1.68. The summed E-state index contributed by atoms with van der Waals surface area (Å²) in [5, 5.41) is 9.17. The maximum atomic E-state index is 9.17. The minimum Gasteiger partial charge on any atom is -0.390 e. The van der Waals surface area contributed by atoms with Gasteiger partial charge in [0.25, 0.3) is 0 Å². The summed E-state index contributed by atoms with van der Waals surface area (Å²) in [5.41, 5.74) is 0. The van der Waals surface area contributed by atoms with Gasteiger partial charge in [-0.05, 0) is 6.92 Å². The molecule has 0 saturated carbocycles. The minimum absolute atomic E-state index is 0.00315. The lowest BCUT2D eigenvalue weighted by Gasteiger charge is -2.20. The smallest absolute Gasteiger partial charge is 0.184 e. The van der Waals surface area contributed by atoms with Gasteiger partial charge in [-0.15, -0.1) is 0 Å². The number of epoxide rings is 1. The summed E-state index contributed by atoms with van der Waals surface area (Å²) in [7, 11) is 0. The molecule has 0 aromatic rings. The van der Waals surface area contributed by atoms with E-state index < -0.39 is 0 Å². The molecule has 0 spiro atoms. The topological polar surface area (TPSA) is 42.0 Å². The number of hydrogen-bond donors (Lipinski definition) is 1. The fourth-order valence-electron chi connectivity index (χ4n) is 1.15. The lowest BCUT2D eigenvalue weighted by atomic mass is 10.1. The van der Waals surface area contributed by atoms with E-state index in [-0.39, 0.29) is 24.6 Å². The zero-order valence-electron chi connectivity index (χ0n) is 5.28. The van der Waals surface area contributed by atoms with Crippen LogP contribution < -0.4 is 0 Å². The van der Waals surface area contributed by atoms with Gasteiger partial charge in [0.2, 0.25) is 0 Å². The van der Waals surface area contributed by atoms with Gasteiger partial charge in [0.05, 0.1) is 12.2 Å². The third-order valence-corrected chi connectivity index (χ3v) is 1.90. The Morgan fingerprint density at radius 2 is 2.22 bits per heavy atom. The van der Waals surface area contributed by atoms with Crippen LogP contribution in [0.15, 0.2) is 0 Å². The summed E-state index contributed by atoms with van der Waals surface area (Å²) in [6.45, 7) is 1.86. The van der Waals surface area contributed by atoms with Crippen molar-refractivity contribution < 1.29 is 14.6 Å². The fraction of sp³-hybridized carbons (Fsp3) is 1.00. The van der Waals surface area contributed by atoms with Crippen molar-refractivity contribution >= 4 is 0 Å². The van der Waals surface area contributed by atoms with Gasteiger partial charge in [-0.25, -0.2) is 0 Å². The molecule has 4 atom stereocenters. The molecule has 0 radical (unpaired) electrons. The standard InChI is InChI=1S/C6H10O3/c1-3-4(7)2-5-6(8-3)9-5/h3-7H,2H2,1H3/t3-,4-,5+,6?/m0/s1. The van der Waals surface area contributed by atoms with Crippen molar-refractivity contribution in [2.45, 2.75) is 37.9 Å². The number of hydrogen-bond acceptors (Lipinski definition) is 3. The highest BCUT2D eigenvalue weighted by Gasteiger charge is 2.47. The van der Waals surface area contributed by atoms with Gasteiger partial charge in [0, 0.05) is 6.42 Å². The van der Waals surface area contributed by atoms with Crippen LogP contribution in [-0.4, -0.2) is 29.7 Å². The summed E-state index contributed by atoms with van der Waals surface area (Å²) < 4.78 is 10.2. The summed E-state index contributed by atoms with van der Waals surface area (Å²) in [6.07, 6.45) is 0.563. The Labute approximate surface area is 53.6 Å². The summed E-state index contributed by atoms with van der Waals surface area (Å²) in [4.78, 5) is 0. The SMILES string of the molecule is C[C@@H]1OC2O[C@@H]2C[C@@H]1O. The first-order valence-electron chi connectivity index (χ1n) is 3.26. The molecule has 3 heteroatoms. The molecular weight excluding hydrogens is 120 g/mol. The van der Waals surface area contributed by atoms with Crippen molar-refractivity contribution in [3.63, 3.8) is 0 Å². The van der Waals surface area contributed by atoms with E-state index in [0.717, 1.165) is 6.42 Å². The molecule has 0 bridgehead atoms. The van der Waals surface area contributed by atoms with Crippen LogP contribution in [0.1, 0.15) is 13.3 Å². The molecule has 0 amide bonds. The zero-order valence-corrected chi connectivity index (χ0v) is 5.28. The molecule has 0 aliphatic carbocycles. The zero-order chi connectivity index (χ0) is 6.43. The van der Waals surface area contributed by atoms with Gasteiger partial charge in [-0.2, -0.15) is 0 Å². The van der Waals surface area contributed by atoms with E-state index in [4.69, 9.17) is 14.6 Å². The van der Waals surface area contributed by atoms with Crippen molar-refractivity contribution in [1.82, 2.24) is 0 Å². The molecule has 2 aliphatic heterocycles. The molecule has 1 unspecified atom stereocenters. The van der Waals surface area contributed by atoms with Crippen LogP contribution in [0.4, 0.5) is 0 Å². The lowest BCUT2D eigenvalue weighted by molar-refractivity contribution is -0.0762. The Balaban J connectivity index is 1.98. The quantitative estimate of drug-likeness (QED) is 0.465. The second-order valence-corrected chi connectivity index (χ2v) is 2.69. The normalized spacial score (nSPS) is 56.7. The van der Waals surface area contributed by atoms with E-state index in [9.17, 15) is 0 Å². The maximum Gasteiger partial charge on any atom is 0.184 e. The molecule has 3 nitrogen and oxygen atoms in total. The number of fused-ring (bicyclic) bond motifs is 1. The highest BCUT2D eigenvalue weighted by atomic mass is 16.8. The number of aliphatic hydroxyl groups is 1. The Morgan fingerprint density at radius 1 is 1.44 bits per heavy atom. The van der Waals surface area contributed by atoms with Crippen LogP contribution in [-0.2, 0) is 9.47 Å². The molecule has 0 aromatic heterocycles. The predicted octanol–water partition coefficient (Wildman–Crippen LogP) is -0.119. The van der Waals surface area contributed by atoms with E-state index >= 15 is 0 Å². The van der Waals surface area contributed by atoms with Crippen LogP contribution in [0.25, 0.3) is 0 Å². The first kappa shape index (κ1) is 5.65. The highest BCUT2D eigenvalue weighted by Crippen LogP contribution is 2.34. The van der Waals surface area contributed by atoms with Crippen LogP contribution >= 0.6 is 0 Å². The molecule has 0 aromatic carbocycles. The monoisotopic (exact) mass is 130 g/mol. The van der Waals surface area contributed by atoms with E-state index in [1.165, 1.54) is 0 Å². The predicted molar refractivity (Wildman–Crippen MR) is 29.8 cm³/mol. The van der Waals surface area contributed by atoms with Crippen LogP contribution in [0.2, 0.25) is 0 Å². The largest absolute Gasteiger partial charge is 0.390 e. The van der Waals surface area contributed by atoms with Crippen LogP contribution in [0.3, 0.4) is 0 Å². The first-order chi connectivity index (χ1) is 4.27. The van der Waals surface area contributed by atoms with Crippen molar-refractivity contribution in [1.29, 1.82) is 0 Å². The maximum absolute atomic E-state index is 9.17. The summed E-state index contributed by atoms with van der Waals surface area (Å²) in [6, 6.07) is 0. The Bertz CT molecular complexity index is 111. The molecule has 2 fully saturated rings. The third kappa shape index (κ3) is 0.852. The van der Waals surface area contributed by atoms with Crippen LogP contribution in [0.5, 0.6) is 0 Å². The second-order valence-electron chi connectivity index (χ2n) is 2.69. The van der Waals surface area contributed by atoms with E-state index in [1.807, 2.05) is 6.92 Å². The van der Waals surface area contributed by atoms with Crippen molar-refractivity contribution in [3.8, 4) is 0 Å². The van der Waals surface area contributed by atoms with Crippen LogP contribution in [0, 0.1) is 0 Å². The van der Waals surface area contributed by atoms with Crippen molar-refractivity contribution in [3.05, 3.63) is 0 Å². The van der Waals surface area contributed by atoms with Gasteiger partial charge >= 0.3 is 0 Å². The number of rotatable bonds is 0. The Morgan fingerprint density at radius 3 is 2.89 bits per heavy atom. The molecule has 2 aliphatic rings. The third-order valence-electron chi connectivity index (χ3n) is 1.90.